The lowest BCUT2D eigenvalue weighted by molar-refractivity contribution is -0.126. The van der Waals surface area contributed by atoms with Crippen LogP contribution in [0.5, 0.6) is 0 Å². The quantitative estimate of drug-likeness (QED) is 0.679. The molecule has 3 amide bonds. The highest BCUT2D eigenvalue weighted by Crippen LogP contribution is 2.36. The Morgan fingerprint density at radius 2 is 1.93 bits per heavy atom. The van der Waals surface area contributed by atoms with Gasteiger partial charge >= 0.3 is 6.03 Å². The number of carbonyl (C=O) groups excluding carboxylic acids is 2. The van der Waals surface area contributed by atoms with Gasteiger partial charge in [0, 0.05) is 0 Å². The molecule has 2 aliphatic rings. The number of hydrogen-bond acceptors (Lipinski definition) is 2. The zero-order chi connectivity index (χ0) is 10.9. The predicted octanol–water partition coefficient (Wildman–Crippen LogP) is 1.55. The molecule has 0 aromatic heterocycles. The third-order valence-corrected chi connectivity index (χ3v) is 3.83. The number of rotatable bonds is 2. The molecule has 0 aromatic carbocycles. The van der Waals surface area contributed by atoms with Gasteiger partial charge in [-0.1, -0.05) is 26.2 Å². The highest BCUT2D eigenvalue weighted by molar-refractivity contribution is 6.07. The largest absolute Gasteiger partial charge is 0.323 e. The molecule has 0 aromatic rings. The van der Waals surface area contributed by atoms with Crippen molar-refractivity contribution < 1.29 is 9.59 Å². The van der Waals surface area contributed by atoms with Gasteiger partial charge in [0.05, 0.1) is 0 Å². The molecule has 1 heterocycles. The van der Waals surface area contributed by atoms with E-state index in [2.05, 4.69) is 10.6 Å². The summed E-state index contributed by atoms with van der Waals surface area (Å²) in [6, 6.07) is -0.326. The number of hydrogen-bond donors (Lipinski definition) is 2. The van der Waals surface area contributed by atoms with Crippen LogP contribution in [0.1, 0.15) is 45.4 Å². The highest BCUT2D eigenvalue weighted by Gasteiger charge is 2.50. The Labute approximate surface area is 89.8 Å². The average Bonchev–Trinajstić information content (AvgIpc) is 2.56. The van der Waals surface area contributed by atoms with Crippen LogP contribution in [0.2, 0.25) is 0 Å². The number of imide groups is 1. The van der Waals surface area contributed by atoms with E-state index in [1.807, 2.05) is 6.92 Å². The first-order valence-electron chi connectivity index (χ1n) is 5.82. The van der Waals surface area contributed by atoms with Gasteiger partial charge in [-0.25, -0.2) is 4.79 Å². The van der Waals surface area contributed by atoms with Crippen molar-refractivity contribution in [2.45, 2.75) is 51.0 Å². The Bertz CT molecular complexity index is 284. The number of urea groups is 1. The van der Waals surface area contributed by atoms with E-state index >= 15 is 0 Å². The summed E-state index contributed by atoms with van der Waals surface area (Å²) in [7, 11) is 0. The zero-order valence-corrected chi connectivity index (χ0v) is 9.14. The Balaban J connectivity index is 2.20. The summed E-state index contributed by atoms with van der Waals surface area (Å²) < 4.78 is 0. The van der Waals surface area contributed by atoms with Crippen LogP contribution in [0.15, 0.2) is 0 Å². The third-order valence-electron chi connectivity index (χ3n) is 3.83. The highest BCUT2D eigenvalue weighted by atomic mass is 16.2. The van der Waals surface area contributed by atoms with Gasteiger partial charge < -0.3 is 5.32 Å². The molecule has 1 aliphatic heterocycles. The molecular weight excluding hydrogens is 192 g/mol. The van der Waals surface area contributed by atoms with Crippen LogP contribution in [0.3, 0.4) is 0 Å². The van der Waals surface area contributed by atoms with Gasteiger partial charge in [-0.05, 0) is 25.2 Å². The lowest BCUT2D eigenvalue weighted by Gasteiger charge is -2.36. The SMILES string of the molecule is CCC1(C2CCCCC2)NC(=O)NC1=O. The topological polar surface area (TPSA) is 58.2 Å². The van der Waals surface area contributed by atoms with Crippen LogP contribution in [0, 0.1) is 5.92 Å². The molecule has 1 aliphatic carbocycles. The van der Waals surface area contributed by atoms with Crippen LogP contribution < -0.4 is 10.6 Å². The minimum atomic E-state index is -0.614. The maximum atomic E-state index is 11.8. The van der Waals surface area contributed by atoms with Crippen LogP contribution in [0.4, 0.5) is 4.79 Å². The van der Waals surface area contributed by atoms with Crippen LogP contribution >= 0.6 is 0 Å². The summed E-state index contributed by atoms with van der Waals surface area (Å²) in [5, 5.41) is 5.20. The fraction of sp³-hybridized carbons (Fsp3) is 0.818. The zero-order valence-electron chi connectivity index (χ0n) is 9.14. The van der Waals surface area contributed by atoms with Crippen molar-refractivity contribution in [2.75, 3.05) is 0 Å². The first-order valence-corrected chi connectivity index (χ1v) is 5.82. The Morgan fingerprint density at radius 3 is 2.40 bits per heavy atom. The van der Waals surface area contributed by atoms with Crippen molar-refractivity contribution in [1.29, 1.82) is 0 Å². The normalized spacial score (nSPS) is 32.6. The van der Waals surface area contributed by atoms with Crippen molar-refractivity contribution in [3.05, 3.63) is 0 Å². The van der Waals surface area contributed by atoms with Gasteiger partial charge in [0.1, 0.15) is 5.54 Å². The van der Waals surface area contributed by atoms with Gasteiger partial charge in [-0.15, -0.1) is 0 Å². The van der Waals surface area contributed by atoms with Crippen molar-refractivity contribution in [3.8, 4) is 0 Å². The Kier molecular flexibility index (Phi) is 2.67. The van der Waals surface area contributed by atoms with Gasteiger partial charge in [-0.3, -0.25) is 10.1 Å². The van der Waals surface area contributed by atoms with Crippen LogP contribution in [-0.4, -0.2) is 17.5 Å². The monoisotopic (exact) mass is 210 g/mol. The fourth-order valence-corrected chi connectivity index (χ4v) is 2.93. The molecule has 1 saturated carbocycles. The average molecular weight is 210 g/mol. The molecular formula is C11H18N2O2. The van der Waals surface area contributed by atoms with Crippen molar-refractivity contribution >= 4 is 11.9 Å². The fourth-order valence-electron chi connectivity index (χ4n) is 2.93. The lowest BCUT2D eigenvalue weighted by atomic mass is 9.73. The van der Waals surface area contributed by atoms with Gasteiger partial charge in [0.2, 0.25) is 0 Å². The van der Waals surface area contributed by atoms with E-state index in [1.165, 1.54) is 19.3 Å². The summed E-state index contributed by atoms with van der Waals surface area (Å²) in [4.78, 5) is 23.1. The molecule has 4 heteroatoms. The molecule has 2 rings (SSSR count). The van der Waals surface area contributed by atoms with Crippen molar-refractivity contribution in [1.82, 2.24) is 10.6 Å². The number of amides is 3. The first-order chi connectivity index (χ1) is 7.19. The molecule has 4 nitrogen and oxygen atoms in total. The molecule has 2 N–H and O–H groups in total. The molecule has 0 bridgehead atoms. The molecule has 0 radical (unpaired) electrons. The van der Waals surface area contributed by atoms with E-state index in [4.69, 9.17) is 0 Å². The lowest BCUT2D eigenvalue weighted by Crippen LogP contribution is -2.53. The summed E-state index contributed by atoms with van der Waals surface area (Å²) in [5.74, 6) is 0.199. The number of nitrogens with one attached hydrogen (secondary N) is 2. The predicted molar refractivity (Wildman–Crippen MR) is 56.3 cm³/mol. The second-order valence-electron chi connectivity index (χ2n) is 4.57. The second kappa shape index (κ2) is 3.83. The van der Waals surface area contributed by atoms with Gasteiger partial charge in [0.15, 0.2) is 0 Å². The molecule has 2 fully saturated rings. The van der Waals surface area contributed by atoms with E-state index in [9.17, 15) is 9.59 Å². The Hall–Kier alpha value is -1.06. The molecule has 84 valence electrons. The molecule has 15 heavy (non-hydrogen) atoms. The van der Waals surface area contributed by atoms with E-state index in [0.717, 1.165) is 12.8 Å². The Morgan fingerprint density at radius 1 is 1.27 bits per heavy atom. The standard InChI is InChI=1S/C11H18N2O2/c1-2-11(8-6-4-3-5-7-8)9(14)12-10(15)13-11/h8H,2-7H2,1H3,(H2,12,13,14,15). The van der Waals surface area contributed by atoms with Crippen molar-refractivity contribution in [3.63, 3.8) is 0 Å². The summed E-state index contributed by atoms with van der Waals surface area (Å²) in [6.07, 6.45) is 6.41. The van der Waals surface area contributed by atoms with E-state index < -0.39 is 5.54 Å². The smallest absolute Gasteiger partial charge is 0.322 e. The van der Waals surface area contributed by atoms with E-state index in [-0.39, 0.29) is 11.9 Å². The van der Waals surface area contributed by atoms with Crippen LogP contribution in [0.25, 0.3) is 0 Å². The minimum absolute atomic E-state index is 0.123. The minimum Gasteiger partial charge on any atom is -0.323 e. The summed E-state index contributed by atoms with van der Waals surface area (Å²) in [6.45, 7) is 1.97. The summed E-state index contributed by atoms with van der Waals surface area (Å²) >= 11 is 0. The second-order valence-corrected chi connectivity index (χ2v) is 4.57. The third kappa shape index (κ3) is 1.62. The van der Waals surface area contributed by atoms with Gasteiger partial charge in [0.25, 0.3) is 5.91 Å². The summed E-state index contributed by atoms with van der Waals surface area (Å²) in [5.41, 5.74) is -0.614. The first kappa shape index (κ1) is 10.5. The van der Waals surface area contributed by atoms with E-state index in [0.29, 0.717) is 12.3 Å². The van der Waals surface area contributed by atoms with Crippen LogP contribution in [-0.2, 0) is 4.79 Å². The number of carbonyl (C=O) groups is 2. The van der Waals surface area contributed by atoms with Crippen molar-refractivity contribution in [2.24, 2.45) is 5.92 Å². The maximum absolute atomic E-state index is 11.8. The molecule has 1 saturated heterocycles. The van der Waals surface area contributed by atoms with Gasteiger partial charge in [-0.2, -0.15) is 0 Å². The molecule has 0 spiro atoms. The van der Waals surface area contributed by atoms with E-state index in [1.54, 1.807) is 0 Å². The molecule has 1 unspecified atom stereocenters. The maximum Gasteiger partial charge on any atom is 0.322 e. The molecule has 1 atom stereocenters.